The van der Waals surface area contributed by atoms with Crippen molar-refractivity contribution in [2.45, 2.75) is 12.2 Å². The van der Waals surface area contributed by atoms with E-state index in [9.17, 15) is 13.5 Å². The Labute approximate surface area is 71.8 Å². The van der Waals surface area contributed by atoms with Crippen LogP contribution >= 0.6 is 0 Å². The number of ether oxygens (including phenoxy) is 1. The van der Waals surface area contributed by atoms with Gasteiger partial charge in [0, 0.05) is 0 Å². The topological polar surface area (TPSA) is 63.6 Å². The maximum atomic E-state index is 10.9. The molecule has 0 unspecified atom stereocenters. The van der Waals surface area contributed by atoms with Crippen LogP contribution in [0.15, 0.2) is 12.7 Å². The second kappa shape index (κ2) is 3.55. The summed E-state index contributed by atoms with van der Waals surface area (Å²) in [7, 11) is -3.08. The van der Waals surface area contributed by atoms with Gasteiger partial charge in [0.15, 0.2) is 9.84 Å². The largest absolute Gasteiger partial charge is 0.389 e. The Hall–Kier alpha value is -0.390. The van der Waals surface area contributed by atoms with Crippen LogP contribution in [0.2, 0.25) is 0 Å². The first-order valence-electron chi connectivity index (χ1n) is 3.66. The van der Waals surface area contributed by atoms with Gasteiger partial charge in [-0.3, -0.25) is 0 Å². The van der Waals surface area contributed by atoms with Crippen LogP contribution in [0.1, 0.15) is 0 Å². The standard InChI is InChI=1S/C7H12O4S/c1-2-3-11-7-5-12(9,10)4-6(7)8/h2,6-8H,1,3-5H2/t6-,7-/m1/s1. The summed E-state index contributed by atoms with van der Waals surface area (Å²) in [4.78, 5) is 0. The fourth-order valence-corrected chi connectivity index (χ4v) is 2.84. The van der Waals surface area contributed by atoms with Gasteiger partial charge in [0.1, 0.15) is 0 Å². The van der Waals surface area contributed by atoms with Crippen LogP contribution in [0.3, 0.4) is 0 Å². The van der Waals surface area contributed by atoms with E-state index in [1.54, 1.807) is 0 Å². The van der Waals surface area contributed by atoms with Crippen LogP contribution in [0.4, 0.5) is 0 Å². The Morgan fingerprint density at radius 1 is 1.58 bits per heavy atom. The Morgan fingerprint density at radius 2 is 2.25 bits per heavy atom. The van der Waals surface area contributed by atoms with Gasteiger partial charge < -0.3 is 9.84 Å². The van der Waals surface area contributed by atoms with E-state index in [4.69, 9.17) is 4.74 Å². The lowest BCUT2D eigenvalue weighted by atomic mass is 10.3. The fraction of sp³-hybridized carbons (Fsp3) is 0.714. The van der Waals surface area contributed by atoms with E-state index in [1.165, 1.54) is 6.08 Å². The van der Waals surface area contributed by atoms with Crippen LogP contribution in [-0.2, 0) is 14.6 Å². The van der Waals surface area contributed by atoms with Crippen molar-refractivity contribution in [3.05, 3.63) is 12.7 Å². The third-order valence-corrected chi connectivity index (χ3v) is 3.39. The molecular formula is C7H12O4S. The highest BCUT2D eigenvalue weighted by molar-refractivity contribution is 7.91. The monoisotopic (exact) mass is 192 g/mol. The van der Waals surface area contributed by atoms with Crippen molar-refractivity contribution in [2.24, 2.45) is 0 Å². The van der Waals surface area contributed by atoms with E-state index in [-0.39, 0.29) is 18.1 Å². The number of sulfone groups is 1. The summed E-state index contributed by atoms with van der Waals surface area (Å²) in [5, 5.41) is 9.21. The Balaban J connectivity index is 2.52. The van der Waals surface area contributed by atoms with E-state index in [0.717, 1.165) is 0 Å². The average Bonchev–Trinajstić information content (AvgIpc) is 2.20. The molecule has 1 rings (SSSR count). The molecule has 0 saturated carbocycles. The van der Waals surface area contributed by atoms with Crippen molar-refractivity contribution >= 4 is 9.84 Å². The summed E-state index contributed by atoms with van der Waals surface area (Å²) in [6.07, 6.45) is 0.0699. The first-order chi connectivity index (χ1) is 5.55. The summed E-state index contributed by atoms with van der Waals surface area (Å²) < 4.78 is 27.0. The van der Waals surface area contributed by atoms with Gasteiger partial charge in [-0.25, -0.2) is 8.42 Å². The number of aliphatic hydroxyl groups is 1. The number of aliphatic hydroxyl groups excluding tert-OH is 1. The zero-order chi connectivity index (χ0) is 9.19. The average molecular weight is 192 g/mol. The molecule has 0 spiro atoms. The maximum Gasteiger partial charge on any atom is 0.155 e. The van der Waals surface area contributed by atoms with E-state index < -0.39 is 22.0 Å². The van der Waals surface area contributed by atoms with Crippen LogP contribution < -0.4 is 0 Å². The van der Waals surface area contributed by atoms with Gasteiger partial charge in [-0.2, -0.15) is 0 Å². The van der Waals surface area contributed by atoms with Gasteiger partial charge in [0.05, 0.1) is 30.3 Å². The molecule has 1 saturated heterocycles. The van der Waals surface area contributed by atoms with E-state index in [0.29, 0.717) is 0 Å². The van der Waals surface area contributed by atoms with Gasteiger partial charge in [-0.1, -0.05) is 6.08 Å². The molecule has 1 heterocycles. The minimum Gasteiger partial charge on any atom is -0.389 e. The van der Waals surface area contributed by atoms with E-state index in [1.807, 2.05) is 0 Å². The van der Waals surface area contributed by atoms with Crippen molar-refractivity contribution in [3.63, 3.8) is 0 Å². The Kier molecular flexibility index (Phi) is 2.87. The zero-order valence-electron chi connectivity index (χ0n) is 6.64. The van der Waals surface area contributed by atoms with Crippen LogP contribution in [0.5, 0.6) is 0 Å². The van der Waals surface area contributed by atoms with E-state index >= 15 is 0 Å². The van der Waals surface area contributed by atoms with Crippen molar-refractivity contribution in [2.75, 3.05) is 18.1 Å². The first-order valence-corrected chi connectivity index (χ1v) is 5.48. The second-order valence-corrected chi connectivity index (χ2v) is 4.96. The Morgan fingerprint density at radius 3 is 2.67 bits per heavy atom. The molecule has 0 aromatic rings. The van der Waals surface area contributed by atoms with Crippen molar-refractivity contribution in [3.8, 4) is 0 Å². The first kappa shape index (κ1) is 9.70. The van der Waals surface area contributed by atoms with E-state index in [2.05, 4.69) is 6.58 Å². The molecule has 1 aliphatic heterocycles. The summed E-state index contributed by atoms with van der Waals surface area (Å²) in [5.41, 5.74) is 0. The number of rotatable bonds is 3. The van der Waals surface area contributed by atoms with Gasteiger partial charge in [-0.05, 0) is 0 Å². The molecule has 4 nitrogen and oxygen atoms in total. The molecule has 0 aromatic carbocycles. The molecule has 1 aliphatic rings. The minimum absolute atomic E-state index is 0.0813. The SMILES string of the molecule is C=CCO[C@@H]1CS(=O)(=O)C[C@H]1O. The second-order valence-electron chi connectivity index (χ2n) is 2.80. The quantitative estimate of drug-likeness (QED) is 0.603. The molecule has 70 valence electrons. The van der Waals surface area contributed by atoms with Gasteiger partial charge in [0.2, 0.25) is 0 Å². The molecule has 5 heteroatoms. The summed E-state index contributed by atoms with van der Waals surface area (Å²) in [5.74, 6) is -0.267. The van der Waals surface area contributed by atoms with Crippen LogP contribution in [-0.4, -0.2) is 43.8 Å². The molecule has 0 aromatic heterocycles. The highest BCUT2D eigenvalue weighted by atomic mass is 32.2. The van der Waals surface area contributed by atoms with Crippen molar-refractivity contribution in [1.82, 2.24) is 0 Å². The van der Waals surface area contributed by atoms with Crippen LogP contribution in [0, 0.1) is 0 Å². The van der Waals surface area contributed by atoms with Crippen molar-refractivity contribution < 1.29 is 18.3 Å². The molecular weight excluding hydrogens is 180 g/mol. The summed E-state index contributed by atoms with van der Waals surface area (Å²) in [6, 6.07) is 0. The maximum absolute atomic E-state index is 10.9. The molecule has 0 radical (unpaired) electrons. The summed E-state index contributed by atoms with van der Waals surface area (Å²) in [6.45, 7) is 3.70. The predicted molar refractivity (Wildman–Crippen MR) is 44.6 cm³/mol. The molecule has 0 bridgehead atoms. The smallest absolute Gasteiger partial charge is 0.155 e. The third-order valence-electron chi connectivity index (χ3n) is 1.70. The fourth-order valence-electron chi connectivity index (χ4n) is 1.15. The van der Waals surface area contributed by atoms with Gasteiger partial charge >= 0.3 is 0 Å². The molecule has 12 heavy (non-hydrogen) atoms. The number of hydrogen-bond donors (Lipinski definition) is 1. The van der Waals surface area contributed by atoms with Gasteiger partial charge in [-0.15, -0.1) is 6.58 Å². The minimum atomic E-state index is -3.08. The molecule has 2 atom stereocenters. The number of hydrogen-bond acceptors (Lipinski definition) is 4. The lowest BCUT2D eigenvalue weighted by molar-refractivity contribution is 0.00520. The summed E-state index contributed by atoms with van der Waals surface area (Å²) >= 11 is 0. The van der Waals surface area contributed by atoms with Crippen LogP contribution in [0.25, 0.3) is 0 Å². The highest BCUT2D eigenvalue weighted by Gasteiger charge is 2.36. The normalized spacial score (nSPS) is 33.4. The molecule has 0 aliphatic carbocycles. The predicted octanol–water partition coefficient (Wildman–Crippen LogP) is -0.653. The Bertz CT molecular complexity index is 257. The van der Waals surface area contributed by atoms with Crippen molar-refractivity contribution in [1.29, 1.82) is 0 Å². The molecule has 1 fully saturated rings. The van der Waals surface area contributed by atoms with Gasteiger partial charge in [0.25, 0.3) is 0 Å². The molecule has 0 amide bonds. The highest BCUT2D eigenvalue weighted by Crippen LogP contribution is 2.15. The lowest BCUT2D eigenvalue weighted by Gasteiger charge is -2.11. The zero-order valence-corrected chi connectivity index (χ0v) is 7.46. The lowest BCUT2D eigenvalue weighted by Crippen LogP contribution is -2.26. The third kappa shape index (κ3) is 2.30. The molecule has 1 N–H and O–H groups in total.